The van der Waals surface area contributed by atoms with E-state index in [0.717, 1.165) is 5.69 Å². The van der Waals surface area contributed by atoms with Crippen molar-refractivity contribution in [1.29, 1.82) is 0 Å². The zero-order chi connectivity index (χ0) is 14.0. The number of esters is 1. The lowest BCUT2D eigenvalue weighted by Crippen LogP contribution is -2.27. The summed E-state index contributed by atoms with van der Waals surface area (Å²) in [5.74, 6) is -0.934. The van der Waals surface area contributed by atoms with Crippen LogP contribution in [-0.2, 0) is 9.53 Å². The number of nitrogens with two attached hydrogens (primary N) is 2. The molecule has 1 saturated heterocycles. The second-order valence-corrected chi connectivity index (χ2v) is 4.56. The van der Waals surface area contributed by atoms with Gasteiger partial charge in [0.15, 0.2) is 0 Å². The zero-order valence-electron chi connectivity index (χ0n) is 10.8. The normalized spacial score (nSPS) is 18.4. The van der Waals surface area contributed by atoms with E-state index in [-0.39, 0.29) is 11.8 Å². The Morgan fingerprint density at radius 1 is 1.42 bits per heavy atom. The summed E-state index contributed by atoms with van der Waals surface area (Å²) in [5, 5.41) is 0. The lowest BCUT2D eigenvalue weighted by molar-refractivity contribution is -0.121. The van der Waals surface area contributed by atoms with E-state index in [9.17, 15) is 9.59 Å². The van der Waals surface area contributed by atoms with E-state index < -0.39 is 5.97 Å². The topological polar surface area (TPSA) is 98.6 Å². The first-order valence-electron chi connectivity index (χ1n) is 6.05. The maximum Gasteiger partial charge on any atom is 0.340 e. The van der Waals surface area contributed by atoms with E-state index in [4.69, 9.17) is 11.5 Å². The highest BCUT2D eigenvalue weighted by Gasteiger charge is 2.28. The summed E-state index contributed by atoms with van der Waals surface area (Å²) in [6.07, 6.45) is 0.706. The van der Waals surface area contributed by atoms with Gasteiger partial charge in [-0.15, -0.1) is 0 Å². The summed E-state index contributed by atoms with van der Waals surface area (Å²) in [4.78, 5) is 24.7. The molecule has 1 aromatic rings. The number of nitrogen functional groups attached to an aromatic ring is 1. The largest absolute Gasteiger partial charge is 0.465 e. The Labute approximate surface area is 111 Å². The molecule has 6 heteroatoms. The number of hydrogen-bond acceptors (Lipinski definition) is 5. The van der Waals surface area contributed by atoms with Crippen molar-refractivity contribution in [2.45, 2.75) is 6.42 Å². The van der Waals surface area contributed by atoms with Crippen molar-refractivity contribution in [2.24, 2.45) is 11.7 Å². The van der Waals surface area contributed by atoms with Crippen LogP contribution < -0.4 is 16.4 Å². The van der Waals surface area contributed by atoms with Gasteiger partial charge in [0.1, 0.15) is 0 Å². The Balaban J connectivity index is 2.27. The Morgan fingerprint density at radius 2 is 2.16 bits per heavy atom. The second-order valence-electron chi connectivity index (χ2n) is 4.56. The van der Waals surface area contributed by atoms with Crippen LogP contribution in [0.5, 0.6) is 0 Å². The third kappa shape index (κ3) is 2.47. The van der Waals surface area contributed by atoms with Crippen molar-refractivity contribution in [1.82, 2.24) is 0 Å². The number of hydrogen-bond donors (Lipinski definition) is 2. The van der Waals surface area contributed by atoms with E-state index >= 15 is 0 Å². The van der Waals surface area contributed by atoms with Gasteiger partial charge < -0.3 is 21.1 Å². The van der Waals surface area contributed by atoms with Crippen LogP contribution in [0.25, 0.3) is 0 Å². The van der Waals surface area contributed by atoms with E-state index in [0.29, 0.717) is 30.8 Å². The van der Waals surface area contributed by atoms with Crippen LogP contribution in [0.3, 0.4) is 0 Å². The Hall–Kier alpha value is -2.24. The van der Waals surface area contributed by atoms with Crippen molar-refractivity contribution in [2.75, 3.05) is 30.8 Å². The van der Waals surface area contributed by atoms with Crippen molar-refractivity contribution in [3.05, 3.63) is 23.8 Å². The fourth-order valence-electron chi connectivity index (χ4n) is 2.33. The van der Waals surface area contributed by atoms with E-state index in [1.54, 1.807) is 12.1 Å². The molecule has 1 fully saturated rings. The number of nitrogens with zero attached hydrogens (tertiary/aromatic N) is 1. The van der Waals surface area contributed by atoms with E-state index in [2.05, 4.69) is 4.74 Å². The van der Waals surface area contributed by atoms with Crippen LogP contribution in [0.15, 0.2) is 18.2 Å². The van der Waals surface area contributed by atoms with Crippen LogP contribution in [-0.4, -0.2) is 32.1 Å². The van der Waals surface area contributed by atoms with Crippen LogP contribution >= 0.6 is 0 Å². The maximum atomic E-state index is 11.6. The van der Waals surface area contributed by atoms with Gasteiger partial charge in [-0.25, -0.2) is 4.79 Å². The number of rotatable bonds is 3. The summed E-state index contributed by atoms with van der Waals surface area (Å²) in [5.41, 5.74) is 12.8. The van der Waals surface area contributed by atoms with Gasteiger partial charge in [0, 0.05) is 13.1 Å². The average molecular weight is 263 g/mol. The molecule has 1 unspecified atom stereocenters. The number of anilines is 2. The minimum atomic E-state index is -0.468. The van der Waals surface area contributed by atoms with Crippen LogP contribution in [0, 0.1) is 5.92 Å². The van der Waals surface area contributed by atoms with Crippen molar-refractivity contribution in [3.63, 3.8) is 0 Å². The highest BCUT2D eigenvalue weighted by atomic mass is 16.5. The molecule has 1 amide bonds. The molecule has 0 spiro atoms. The van der Waals surface area contributed by atoms with Crippen LogP contribution in [0.2, 0.25) is 0 Å². The fraction of sp³-hybridized carbons (Fsp3) is 0.385. The van der Waals surface area contributed by atoms with E-state index in [1.165, 1.54) is 7.11 Å². The Morgan fingerprint density at radius 3 is 2.74 bits per heavy atom. The monoisotopic (exact) mass is 263 g/mol. The number of carbonyl (C=O) groups excluding carboxylic acids is 2. The second kappa shape index (κ2) is 5.17. The molecule has 1 heterocycles. The van der Waals surface area contributed by atoms with Gasteiger partial charge in [0.05, 0.1) is 30.0 Å². The molecule has 1 aliphatic rings. The average Bonchev–Trinajstić information content (AvgIpc) is 2.87. The molecule has 19 heavy (non-hydrogen) atoms. The molecule has 0 radical (unpaired) electrons. The lowest BCUT2D eigenvalue weighted by Gasteiger charge is -2.21. The number of ether oxygens (including phenoxy) is 1. The summed E-state index contributed by atoms with van der Waals surface area (Å²) < 4.78 is 4.68. The van der Waals surface area contributed by atoms with Gasteiger partial charge in [-0.05, 0) is 18.6 Å². The van der Waals surface area contributed by atoms with Gasteiger partial charge in [0.2, 0.25) is 5.91 Å². The van der Waals surface area contributed by atoms with Crippen LogP contribution in [0.4, 0.5) is 11.4 Å². The Kier molecular flexibility index (Phi) is 3.59. The molecule has 0 aromatic heterocycles. The van der Waals surface area contributed by atoms with Gasteiger partial charge in [-0.2, -0.15) is 0 Å². The molecule has 1 aliphatic heterocycles. The number of para-hydroxylation sites is 1. The minimum absolute atomic E-state index is 0.166. The lowest BCUT2D eigenvalue weighted by atomic mass is 10.1. The smallest absolute Gasteiger partial charge is 0.340 e. The number of amides is 1. The SMILES string of the molecule is COC(=O)c1cccc(N2CCC(C(N)=O)C2)c1N. The highest BCUT2D eigenvalue weighted by molar-refractivity contribution is 5.98. The van der Waals surface area contributed by atoms with Gasteiger partial charge in [-0.1, -0.05) is 6.07 Å². The molecule has 2 rings (SSSR count). The van der Waals surface area contributed by atoms with Crippen molar-refractivity contribution >= 4 is 23.3 Å². The highest BCUT2D eigenvalue weighted by Crippen LogP contribution is 2.31. The summed E-state index contributed by atoms with van der Waals surface area (Å²) in [6, 6.07) is 5.19. The summed E-state index contributed by atoms with van der Waals surface area (Å²) >= 11 is 0. The molecule has 0 bridgehead atoms. The number of benzene rings is 1. The summed E-state index contributed by atoms with van der Waals surface area (Å²) in [7, 11) is 1.31. The van der Waals surface area contributed by atoms with Crippen molar-refractivity contribution in [3.8, 4) is 0 Å². The molecular weight excluding hydrogens is 246 g/mol. The molecule has 102 valence electrons. The summed E-state index contributed by atoms with van der Waals surface area (Å²) in [6.45, 7) is 1.23. The quantitative estimate of drug-likeness (QED) is 0.606. The van der Waals surface area contributed by atoms with Crippen LogP contribution in [0.1, 0.15) is 16.8 Å². The number of primary amides is 1. The molecule has 1 aromatic carbocycles. The van der Waals surface area contributed by atoms with Gasteiger partial charge in [0.25, 0.3) is 0 Å². The predicted molar refractivity (Wildman–Crippen MR) is 71.7 cm³/mol. The van der Waals surface area contributed by atoms with Gasteiger partial charge >= 0.3 is 5.97 Å². The van der Waals surface area contributed by atoms with Crippen molar-refractivity contribution < 1.29 is 14.3 Å². The Bertz CT molecular complexity index is 516. The number of carbonyl (C=O) groups is 2. The third-order valence-corrected chi connectivity index (χ3v) is 3.42. The molecule has 4 N–H and O–H groups in total. The molecule has 6 nitrogen and oxygen atoms in total. The standard InChI is InChI=1S/C13H17N3O3/c1-19-13(18)9-3-2-4-10(11(9)14)16-6-5-8(7-16)12(15)17/h2-4,8H,5-7,14H2,1H3,(H2,15,17). The third-order valence-electron chi connectivity index (χ3n) is 3.42. The molecular formula is C13H17N3O3. The minimum Gasteiger partial charge on any atom is -0.465 e. The zero-order valence-corrected chi connectivity index (χ0v) is 10.8. The maximum absolute atomic E-state index is 11.6. The predicted octanol–water partition coefficient (Wildman–Crippen LogP) is 0.367. The van der Waals surface area contributed by atoms with E-state index in [1.807, 2.05) is 11.0 Å². The molecule has 0 aliphatic carbocycles. The first-order chi connectivity index (χ1) is 9.04. The molecule has 0 saturated carbocycles. The molecule has 1 atom stereocenters. The van der Waals surface area contributed by atoms with Gasteiger partial charge in [-0.3, -0.25) is 4.79 Å². The first-order valence-corrected chi connectivity index (χ1v) is 6.05. The first kappa shape index (κ1) is 13.2. The fourth-order valence-corrected chi connectivity index (χ4v) is 2.33. The number of methoxy groups -OCH3 is 1.